The molecule has 1 saturated heterocycles. The summed E-state index contributed by atoms with van der Waals surface area (Å²) in [6, 6.07) is -0.206. The van der Waals surface area contributed by atoms with Crippen LogP contribution in [-0.4, -0.2) is 46.9 Å². The summed E-state index contributed by atoms with van der Waals surface area (Å²) in [5.41, 5.74) is -0.472. The number of carbonyl (C=O) groups excluding carboxylic acids is 2. The number of carboxylic acids is 1. The molecule has 2 amide bonds. The van der Waals surface area contributed by atoms with Crippen LogP contribution in [0.3, 0.4) is 0 Å². The quantitative estimate of drug-likeness (QED) is 0.803. The zero-order valence-electron chi connectivity index (χ0n) is 13.1. The Balaban J connectivity index is 2.45. The fourth-order valence-corrected chi connectivity index (χ4v) is 2.43. The third-order valence-corrected chi connectivity index (χ3v) is 3.66. The van der Waals surface area contributed by atoms with Gasteiger partial charge in [0.05, 0.1) is 6.42 Å². The van der Waals surface area contributed by atoms with Crippen molar-refractivity contribution in [1.82, 2.24) is 10.2 Å². The van der Waals surface area contributed by atoms with Crippen molar-refractivity contribution < 1.29 is 19.5 Å². The molecule has 1 heterocycles. The molecule has 1 rings (SSSR count). The second-order valence-corrected chi connectivity index (χ2v) is 6.59. The van der Waals surface area contributed by atoms with Gasteiger partial charge in [-0.05, 0) is 19.3 Å². The number of piperidine rings is 1. The van der Waals surface area contributed by atoms with E-state index in [0.717, 1.165) is 19.3 Å². The van der Waals surface area contributed by atoms with E-state index in [1.807, 2.05) is 20.8 Å². The monoisotopic (exact) mass is 298 g/mol. The summed E-state index contributed by atoms with van der Waals surface area (Å²) in [6.07, 6.45) is 2.84. The van der Waals surface area contributed by atoms with Crippen LogP contribution in [0.15, 0.2) is 0 Å². The van der Waals surface area contributed by atoms with Gasteiger partial charge in [-0.3, -0.25) is 14.4 Å². The number of likely N-dealkylation sites (tertiary alicyclic amines) is 1. The van der Waals surface area contributed by atoms with E-state index >= 15 is 0 Å². The number of amides is 2. The molecule has 0 aromatic rings. The Morgan fingerprint density at radius 1 is 1.24 bits per heavy atom. The Bertz CT molecular complexity index is 401. The highest BCUT2D eigenvalue weighted by molar-refractivity contribution is 5.82. The van der Waals surface area contributed by atoms with Crippen molar-refractivity contribution in [3.63, 3.8) is 0 Å². The molecule has 1 aliphatic rings. The molecule has 2 N–H and O–H groups in total. The predicted octanol–water partition coefficient (Wildman–Crippen LogP) is 1.39. The van der Waals surface area contributed by atoms with Crippen molar-refractivity contribution in [2.45, 2.75) is 58.9 Å². The lowest BCUT2D eigenvalue weighted by Gasteiger charge is -2.35. The van der Waals surface area contributed by atoms with Crippen LogP contribution < -0.4 is 5.32 Å². The molecule has 0 saturated carbocycles. The average molecular weight is 298 g/mol. The Labute approximate surface area is 125 Å². The second kappa shape index (κ2) is 7.43. The molecule has 1 aliphatic heterocycles. The van der Waals surface area contributed by atoms with Gasteiger partial charge in [0.15, 0.2) is 0 Å². The Hall–Kier alpha value is -1.59. The molecule has 0 aromatic heterocycles. The van der Waals surface area contributed by atoms with E-state index in [1.54, 1.807) is 4.90 Å². The van der Waals surface area contributed by atoms with Crippen LogP contribution in [0.4, 0.5) is 0 Å². The van der Waals surface area contributed by atoms with E-state index in [4.69, 9.17) is 5.11 Å². The third-order valence-electron chi connectivity index (χ3n) is 3.66. The number of nitrogens with zero attached hydrogens (tertiary/aromatic N) is 1. The molecule has 0 bridgehead atoms. The minimum Gasteiger partial charge on any atom is -0.481 e. The number of rotatable bonds is 5. The van der Waals surface area contributed by atoms with Crippen LogP contribution in [0.1, 0.15) is 52.9 Å². The van der Waals surface area contributed by atoms with E-state index in [9.17, 15) is 14.4 Å². The molecular formula is C15H26N2O4. The van der Waals surface area contributed by atoms with Gasteiger partial charge in [-0.1, -0.05) is 20.8 Å². The van der Waals surface area contributed by atoms with Crippen molar-refractivity contribution in [2.24, 2.45) is 5.41 Å². The molecule has 6 nitrogen and oxygen atoms in total. The van der Waals surface area contributed by atoms with Crippen LogP contribution >= 0.6 is 0 Å². The first-order valence-corrected chi connectivity index (χ1v) is 7.51. The summed E-state index contributed by atoms with van der Waals surface area (Å²) >= 11 is 0. The minimum absolute atomic E-state index is 0.0000895. The van der Waals surface area contributed by atoms with Gasteiger partial charge in [0.2, 0.25) is 11.8 Å². The first-order chi connectivity index (χ1) is 9.71. The lowest BCUT2D eigenvalue weighted by Crippen LogP contribution is -2.46. The van der Waals surface area contributed by atoms with Gasteiger partial charge in [0.25, 0.3) is 0 Å². The molecule has 1 unspecified atom stereocenters. The van der Waals surface area contributed by atoms with Gasteiger partial charge in [-0.15, -0.1) is 0 Å². The van der Waals surface area contributed by atoms with E-state index in [0.29, 0.717) is 13.1 Å². The molecule has 0 aliphatic carbocycles. The smallest absolute Gasteiger partial charge is 0.305 e. The highest BCUT2D eigenvalue weighted by Crippen LogP contribution is 2.20. The summed E-state index contributed by atoms with van der Waals surface area (Å²) in [5.74, 6) is -1.04. The number of hydrogen-bond acceptors (Lipinski definition) is 3. The summed E-state index contributed by atoms with van der Waals surface area (Å²) in [7, 11) is 0. The fourth-order valence-electron chi connectivity index (χ4n) is 2.43. The van der Waals surface area contributed by atoms with Crippen molar-refractivity contribution >= 4 is 17.8 Å². The number of hydrogen-bond donors (Lipinski definition) is 2. The van der Waals surface area contributed by atoms with Crippen LogP contribution in [0.2, 0.25) is 0 Å². The van der Waals surface area contributed by atoms with E-state index in [-0.39, 0.29) is 30.7 Å². The molecule has 1 fully saturated rings. The maximum atomic E-state index is 12.2. The van der Waals surface area contributed by atoms with Gasteiger partial charge in [0, 0.05) is 31.0 Å². The highest BCUT2D eigenvalue weighted by atomic mass is 16.4. The maximum Gasteiger partial charge on any atom is 0.305 e. The van der Waals surface area contributed by atoms with Crippen LogP contribution in [-0.2, 0) is 14.4 Å². The number of carbonyl (C=O) groups is 3. The first kappa shape index (κ1) is 17.5. The highest BCUT2D eigenvalue weighted by Gasteiger charge is 2.28. The van der Waals surface area contributed by atoms with E-state index < -0.39 is 11.4 Å². The number of aliphatic carboxylic acids is 1. The Morgan fingerprint density at radius 3 is 2.48 bits per heavy atom. The van der Waals surface area contributed by atoms with Gasteiger partial charge < -0.3 is 15.3 Å². The summed E-state index contributed by atoms with van der Waals surface area (Å²) in [5, 5.41) is 11.7. The first-order valence-electron chi connectivity index (χ1n) is 7.51. The van der Waals surface area contributed by atoms with Crippen molar-refractivity contribution in [3.8, 4) is 0 Å². The van der Waals surface area contributed by atoms with Gasteiger partial charge in [0.1, 0.15) is 0 Å². The topological polar surface area (TPSA) is 86.7 Å². The fraction of sp³-hybridized carbons (Fsp3) is 0.800. The minimum atomic E-state index is -0.874. The SMILES string of the molecule is CC(C)(C)C(=O)NCCC(=O)N1CCCCC1CC(=O)O. The van der Waals surface area contributed by atoms with Gasteiger partial charge >= 0.3 is 5.97 Å². The van der Waals surface area contributed by atoms with Crippen LogP contribution in [0.25, 0.3) is 0 Å². The summed E-state index contributed by atoms with van der Waals surface area (Å²) < 4.78 is 0. The summed E-state index contributed by atoms with van der Waals surface area (Å²) in [6.45, 7) is 6.36. The molecular weight excluding hydrogens is 272 g/mol. The standard InChI is InChI=1S/C15H26N2O4/c1-15(2,3)14(21)16-8-7-12(18)17-9-5-4-6-11(17)10-13(19)20/h11H,4-10H2,1-3H3,(H,16,21)(H,19,20). The van der Waals surface area contributed by atoms with Crippen molar-refractivity contribution in [3.05, 3.63) is 0 Å². The second-order valence-electron chi connectivity index (χ2n) is 6.59. The third kappa shape index (κ3) is 5.73. The molecule has 120 valence electrons. The molecule has 21 heavy (non-hydrogen) atoms. The lowest BCUT2D eigenvalue weighted by atomic mass is 9.95. The molecule has 0 spiro atoms. The normalized spacial score (nSPS) is 19.2. The van der Waals surface area contributed by atoms with Gasteiger partial charge in [-0.2, -0.15) is 0 Å². The molecule has 0 aromatic carbocycles. The number of carboxylic acid groups (broad SMARTS) is 1. The van der Waals surface area contributed by atoms with Crippen molar-refractivity contribution in [2.75, 3.05) is 13.1 Å². The average Bonchev–Trinajstić information content (AvgIpc) is 2.37. The summed E-state index contributed by atoms with van der Waals surface area (Å²) in [4.78, 5) is 36.4. The largest absolute Gasteiger partial charge is 0.481 e. The number of nitrogens with one attached hydrogen (secondary N) is 1. The van der Waals surface area contributed by atoms with Crippen LogP contribution in [0, 0.1) is 5.41 Å². The van der Waals surface area contributed by atoms with Crippen LogP contribution in [0.5, 0.6) is 0 Å². The zero-order chi connectivity index (χ0) is 16.0. The molecule has 1 atom stereocenters. The van der Waals surface area contributed by atoms with Crippen molar-refractivity contribution in [1.29, 1.82) is 0 Å². The maximum absolute atomic E-state index is 12.2. The molecule has 0 radical (unpaired) electrons. The van der Waals surface area contributed by atoms with Gasteiger partial charge in [-0.25, -0.2) is 0 Å². The Morgan fingerprint density at radius 2 is 1.90 bits per heavy atom. The predicted molar refractivity (Wildman–Crippen MR) is 78.7 cm³/mol. The molecule has 6 heteroatoms. The lowest BCUT2D eigenvalue weighted by molar-refractivity contribution is -0.141. The van der Waals surface area contributed by atoms with E-state index in [1.165, 1.54) is 0 Å². The zero-order valence-corrected chi connectivity index (χ0v) is 13.1. The van der Waals surface area contributed by atoms with E-state index in [2.05, 4.69) is 5.32 Å². The Kier molecular flexibility index (Phi) is 6.18.